The maximum atomic E-state index is 13.6. The van der Waals surface area contributed by atoms with Crippen LogP contribution in [0.15, 0.2) is 36.7 Å². The summed E-state index contributed by atoms with van der Waals surface area (Å²) in [6.45, 7) is 2.01. The third-order valence-corrected chi connectivity index (χ3v) is 3.54. The Morgan fingerprint density at radius 2 is 2.06 bits per heavy atom. The lowest BCUT2D eigenvalue weighted by molar-refractivity contribution is 0.632. The molecule has 3 nitrogen and oxygen atoms in total. The van der Waals surface area contributed by atoms with Crippen LogP contribution in [-0.4, -0.2) is 9.97 Å². The van der Waals surface area contributed by atoms with Crippen molar-refractivity contribution in [3.05, 3.63) is 47.4 Å². The molecule has 3 aromatic rings. The smallest absolute Gasteiger partial charge is 0.146 e. The molecule has 0 fully saturated rings. The fraction of sp³-hybridized carbons (Fsp3) is 0.0769. The fourth-order valence-corrected chi connectivity index (χ4v) is 2.61. The first-order chi connectivity index (χ1) is 8.74. The van der Waals surface area contributed by atoms with Gasteiger partial charge in [-0.25, -0.2) is 14.4 Å². The van der Waals surface area contributed by atoms with Gasteiger partial charge in [-0.3, -0.25) is 0 Å². The third-order valence-electron chi connectivity index (χ3n) is 2.58. The number of halogens is 1. The Morgan fingerprint density at radius 3 is 2.89 bits per heavy atom. The molecule has 0 unspecified atom stereocenters. The number of rotatable bonds is 2. The monoisotopic (exact) mass is 259 g/mol. The number of aromatic nitrogens is 2. The Morgan fingerprint density at radius 1 is 1.22 bits per heavy atom. The van der Waals surface area contributed by atoms with Crippen molar-refractivity contribution in [2.45, 2.75) is 6.92 Å². The minimum Gasteiger partial charge on any atom is -0.337 e. The summed E-state index contributed by atoms with van der Waals surface area (Å²) in [6.07, 6.45) is 1.49. The van der Waals surface area contributed by atoms with Crippen LogP contribution in [0.25, 0.3) is 10.2 Å². The second kappa shape index (κ2) is 4.34. The van der Waals surface area contributed by atoms with Crippen LogP contribution in [0.1, 0.15) is 4.88 Å². The number of hydrogen-bond acceptors (Lipinski definition) is 4. The van der Waals surface area contributed by atoms with Gasteiger partial charge >= 0.3 is 0 Å². The van der Waals surface area contributed by atoms with E-state index in [0.29, 0.717) is 11.5 Å². The zero-order chi connectivity index (χ0) is 12.5. The minimum atomic E-state index is -0.295. The van der Waals surface area contributed by atoms with E-state index in [1.54, 1.807) is 29.5 Å². The average molecular weight is 259 g/mol. The van der Waals surface area contributed by atoms with Crippen LogP contribution in [0.2, 0.25) is 0 Å². The summed E-state index contributed by atoms with van der Waals surface area (Å²) < 4.78 is 13.6. The molecule has 0 aliphatic rings. The number of benzene rings is 1. The normalized spacial score (nSPS) is 10.8. The second-order valence-corrected chi connectivity index (χ2v) is 5.14. The van der Waals surface area contributed by atoms with E-state index in [0.717, 1.165) is 15.1 Å². The lowest BCUT2D eigenvalue weighted by atomic mass is 10.3. The molecule has 1 aromatic carbocycles. The highest BCUT2D eigenvalue weighted by molar-refractivity contribution is 7.18. The SMILES string of the molecule is Cc1cc2c(Nc3ccccc3F)ncnc2s1. The first kappa shape index (κ1) is 11.1. The number of anilines is 2. The van der Waals surface area contributed by atoms with Gasteiger partial charge in [-0.05, 0) is 25.1 Å². The van der Waals surface area contributed by atoms with Crippen LogP contribution in [0.3, 0.4) is 0 Å². The molecule has 0 saturated heterocycles. The van der Waals surface area contributed by atoms with Gasteiger partial charge in [-0.2, -0.15) is 0 Å². The Hall–Kier alpha value is -2.01. The van der Waals surface area contributed by atoms with E-state index in [1.165, 1.54) is 12.4 Å². The molecule has 90 valence electrons. The van der Waals surface area contributed by atoms with Crippen LogP contribution < -0.4 is 5.32 Å². The molecule has 2 aromatic heterocycles. The molecule has 0 spiro atoms. The van der Waals surface area contributed by atoms with Gasteiger partial charge in [0, 0.05) is 4.88 Å². The van der Waals surface area contributed by atoms with Crippen LogP contribution in [-0.2, 0) is 0 Å². The summed E-state index contributed by atoms with van der Waals surface area (Å²) in [5.41, 5.74) is 0.418. The predicted octanol–water partition coefficient (Wildman–Crippen LogP) is 3.88. The van der Waals surface area contributed by atoms with E-state index in [2.05, 4.69) is 15.3 Å². The van der Waals surface area contributed by atoms with Crippen molar-refractivity contribution >= 4 is 33.1 Å². The van der Waals surface area contributed by atoms with E-state index in [-0.39, 0.29) is 5.82 Å². The maximum Gasteiger partial charge on any atom is 0.146 e. The number of fused-ring (bicyclic) bond motifs is 1. The molecule has 18 heavy (non-hydrogen) atoms. The van der Waals surface area contributed by atoms with Crippen molar-refractivity contribution in [2.75, 3.05) is 5.32 Å². The summed E-state index contributed by atoms with van der Waals surface area (Å²) >= 11 is 1.60. The van der Waals surface area contributed by atoms with E-state index < -0.39 is 0 Å². The molecule has 0 aliphatic carbocycles. The molecular formula is C13H10FN3S. The maximum absolute atomic E-state index is 13.6. The molecular weight excluding hydrogens is 249 g/mol. The molecule has 0 atom stereocenters. The molecule has 0 amide bonds. The lowest BCUT2D eigenvalue weighted by Gasteiger charge is -2.06. The largest absolute Gasteiger partial charge is 0.337 e. The topological polar surface area (TPSA) is 37.8 Å². The Balaban J connectivity index is 2.07. The Labute approximate surface area is 107 Å². The summed E-state index contributed by atoms with van der Waals surface area (Å²) in [4.78, 5) is 10.4. The standard InChI is InChI=1S/C13H10FN3S/c1-8-6-9-12(15-7-16-13(9)18-8)17-11-5-3-2-4-10(11)14/h2-7H,1H3,(H,15,16,17). The average Bonchev–Trinajstić information content (AvgIpc) is 2.73. The number of thiophene rings is 1. The third kappa shape index (κ3) is 1.93. The molecule has 0 saturated carbocycles. The van der Waals surface area contributed by atoms with Crippen molar-refractivity contribution in [1.29, 1.82) is 0 Å². The quantitative estimate of drug-likeness (QED) is 0.758. The highest BCUT2D eigenvalue weighted by Gasteiger charge is 2.08. The molecule has 0 radical (unpaired) electrons. The van der Waals surface area contributed by atoms with Crippen molar-refractivity contribution in [3.63, 3.8) is 0 Å². The first-order valence-corrected chi connectivity index (χ1v) is 6.28. The summed E-state index contributed by atoms with van der Waals surface area (Å²) in [5, 5.41) is 3.93. The van der Waals surface area contributed by atoms with E-state index in [9.17, 15) is 4.39 Å². The molecule has 1 N–H and O–H groups in total. The number of hydrogen-bond donors (Lipinski definition) is 1. The van der Waals surface area contributed by atoms with Crippen LogP contribution in [0.5, 0.6) is 0 Å². The van der Waals surface area contributed by atoms with Crippen molar-refractivity contribution in [1.82, 2.24) is 9.97 Å². The lowest BCUT2D eigenvalue weighted by Crippen LogP contribution is -1.96. The van der Waals surface area contributed by atoms with Crippen molar-refractivity contribution in [2.24, 2.45) is 0 Å². The van der Waals surface area contributed by atoms with Crippen LogP contribution in [0, 0.1) is 12.7 Å². The van der Waals surface area contributed by atoms with Crippen LogP contribution >= 0.6 is 11.3 Å². The van der Waals surface area contributed by atoms with E-state index in [1.807, 2.05) is 13.0 Å². The number of nitrogens with zero attached hydrogens (tertiary/aromatic N) is 2. The first-order valence-electron chi connectivity index (χ1n) is 5.47. The van der Waals surface area contributed by atoms with Crippen LogP contribution in [0.4, 0.5) is 15.9 Å². The van der Waals surface area contributed by atoms with Gasteiger partial charge in [0.2, 0.25) is 0 Å². The molecule has 5 heteroatoms. The Kier molecular flexibility index (Phi) is 2.68. The van der Waals surface area contributed by atoms with Gasteiger partial charge in [-0.15, -0.1) is 11.3 Å². The summed E-state index contributed by atoms with van der Waals surface area (Å²) in [6, 6.07) is 8.54. The second-order valence-electron chi connectivity index (χ2n) is 3.90. The van der Waals surface area contributed by atoms with Gasteiger partial charge in [0.05, 0.1) is 11.1 Å². The number of nitrogens with one attached hydrogen (secondary N) is 1. The number of para-hydroxylation sites is 1. The van der Waals surface area contributed by atoms with Gasteiger partial charge < -0.3 is 5.32 Å². The van der Waals surface area contributed by atoms with Gasteiger partial charge in [0.25, 0.3) is 0 Å². The molecule has 3 rings (SSSR count). The van der Waals surface area contributed by atoms with Crippen molar-refractivity contribution < 1.29 is 4.39 Å². The van der Waals surface area contributed by atoms with Gasteiger partial charge in [-0.1, -0.05) is 12.1 Å². The molecule has 0 bridgehead atoms. The van der Waals surface area contributed by atoms with Gasteiger partial charge in [0.15, 0.2) is 0 Å². The summed E-state index contributed by atoms with van der Waals surface area (Å²) in [7, 11) is 0. The zero-order valence-corrected chi connectivity index (χ0v) is 10.5. The highest BCUT2D eigenvalue weighted by Crippen LogP contribution is 2.29. The van der Waals surface area contributed by atoms with Crippen molar-refractivity contribution in [3.8, 4) is 0 Å². The molecule has 2 heterocycles. The Bertz CT molecular complexity index is 708. The highest BCUT2D eigenvalue weighted by atomic mass is 32.1. The minimum absolute atomic E-state index is 0.295. The summed E-state index contributed by atoms with van der Waals surface area (Å²) in [5.74, 6) is 0.339. The zero-order valence-electron chi connectivity index (χ0n) is 9.64. The van der Waals surface area contributed by atoms with E-state index >= 15 is 0 Å². The van der Waals surface area contributed by atoms with Gasteiger partial charge in [0.1, 0.15) is 22.8 Å². The number of aryl methyl sites for hydroxylation is 1. The van der Waals surface area contributed by atoms with E-state index in [4.69, 9.17) is 0 Å². The predicted molar refractivity (Wildman–Crippen MR) is 71.8 cm³/mol. The fourth-order valence-electron chi connectivity index (χ4n) is 1.77. The molecule has 0 aliphatic heterocycles.